The highest BCUT2D eigenvalue weighted by atomic mass is 32.1. The van der Waals surface area contributed by atoms with Gasteiger partial charge in [0.15, 0.2) is 0 Å². The number of aromatic nitrogens is 1. The van der Waals surface area contributed by atoms with Gasteiger partial charge < -0.3 is 9.73 Å². The van der Waals surface area contributed by atoms with E-state index in [1.165, 1.54) is 45.3 Å². The first kappa shape index (κ1) is 15.4. The van der Waals surface area contributed by atoms with Crippen LogP contribution in [0.4, 0.5) is 0 Å². The summed E-state index contributed by atoms with van der Waals surface area (Å²) in [7, 11) is 0. The average Bonchev–Trinajstić information content (AvgIpc) is 3.30. The van der Waals surface area contributed by atoms with Crippen molar-refractivity contribution in [2.24, 2.45) is 5.92 Å². The molecular formula is C18H25N3OS. The van der Waals surface area contributed by atoms with E-state index in [1.54, 1.807) is 11.3 Å². The van der Waals surface area contributed by atoms with Gasteiger partial charge >= 0.3 is 0 Å². The van der Waals surface area contributed by atoms with Gasteiger partial charge in [0, 0.05) is 12.6 Å². The summed E-state index contributed by atoms with van der Waals surface area (Å²) in [6.07, 6.45) is 5.35. The standard InChI is InChI=1S/C18H25N3OS/c1-13-16(20-18(22-13)17-5-3-11-23-17)12-21-9-6-14(7-10-21)15-4-2-8-19-15/h3,5,11,14-15,19H,2,4,6-10,12H2,1H3. The molecule has 4 heterocycles. The van der Waals surface area contributed by atoms with Crippen LogP contribution in [0.1, 0.15) is 37.1 Å². The lowest BCUT2D eigenvalue weighted by molar-refractivity contribution is 0.155. The van der Waals surface area contributed by atoms with Crippen LogP contribution in [-0.2, 0) is 6.54 Å². The van der Waals surface area contributed by atoms with E-state index in [0.29, 0.717) is 0 Å². The Morgan fingerprint density at radius 3 is 2.91 bits per heavy atom. The van der Waals surface area contributed by atoms with E-state index in [4.69, 9.17) is 9.40 Å². The van der Waals surface area contributed by atoms with Crippen molar-refractivity contribution < 1.29 is 4.42 Å². The van der Waals surface area contributed by atoms with Crippen molar-refractivity contribution >= 4 is 11.3 Å². The highest BCUT2D eigenvalue weighted by Gasteiger charge is 2.28. The zero-order chi connectivity index (χ0) is 15.6. The number of piperidine rings is 1. The summed E-state index contributed by atoms with van der Waals surface area (Å²) in [6, 6.07) is 4.89. The Bertz CT molecular complexity index is 623. The van der Waals surface area contributed by atoms with Crippen LogP contribution in [0.3, 0.4) is 0 Å². The maximum absolute atomic E-state index is 5.87. The second-order valence-electron chi connectivity index (χ2n) is 6.82. The van der Waals surface area contributed by atoms with E-state index in [1.807, 2.05) is 13.0 Å². The summed E-state index contributed by atoms with van der Waals surface area (Å²) in [5.74, 6) is 2.61. The number of aryl methyl sites for hydroxylation is 1. The molecule has 0 aromatic carbocycles. The third-order valence-corrected chi connectivity index (χ3v) is 6.16. The minimum absolute atomic E-state index is 0.774. The zero-order valence-corrected chi connectivity index (χ0v) is 14.6. The maximum Gasteiger partial charge on any atom is 0.236 e. The Balaban J connectivity index is 1.36. The molecule has 0 radical (unpaired) electrons. The van der Waals surface area contributed by atoms with Crippen LogP contribution in [0.2, 0.25) is 0 Å². The van der Waals surface area contributed by atoms with Crippen LogP contribution in [-0.4, -0.2) is 35.6 Å². The fraction of sp³-hybridized carbons (Fsp3) is 0.611. The van der Waals surface area contributed by atoms with Crippen LogP contribution >= 0.6 is 11.3 Å². The maximum atomic E-state index is 5.87. The highest BCUT2D eigenvalue weighted by Crippen LogP contribution is 2.29. The number of nitrogens with zero attached hydrogens (tertiary/aromatic N) is 2. The van der Waals surface area contributed by atoms with Crippen molar-refractivity contribution in [3.8, 4) is 10.8 Å². The Morgan fingerprint density at radius 1 is 1.35 bits per heavy atom. The topological polar surface area (TPSA) is 41.3 Å². The number of hydrogen-bond donors (Lipinski definition) is 1. The number of nitrogens with one attached hydrogen (secondary N) is 1. The van der Waals surface area contributed by atoms with Crippen molar-refractivity contribution in [2.45, 2.75) is 45.2 Å². The van der Waals surface area contributed by atoms with Crippen LogP contribution in [0.15, 0.2) is 21.9 Å². The molecule has 4 rings (SSSR count). The molecule has 23 heavy (non-hydrogen) atoms. The second-order valence-corrected chi connectivity index (χ2v) is 7.76. The van der Waals surface area contributed by atoms with E-state index in [9.17, 15) is 0 Å². The Morgan fingerprint density at radius 2 is 2.22 bits per heavy atom. The lowest BCUT2D eigenvalue weighted by Crippen LogP contribution is -2.40. The van der Waals surface area contributed by atoms with E-state index in [0.717, 1.165) is 40.7 Å². The Labute approximate surface area is 141 Å². The monoisotopic (exact) mass is 331 g/mol. The van der Waals surface area contributed by atoms with Crippen molar-refractivity contribution in [1.29, 1.82) is 0 Å². The molecule has 5 heteroatoms. The fourth-order valence-electron chi connectivity index (χ4n) is 3.92. The van der Waals surface area contributed by atoms with E-state index in [-0.39, 0.29) is 0 Å². The molecule has 0 saturated carbocycles. The summed E-state index contributed by atoms with van der Waals surface area (Å²) in [4.78, 5) is 8.38. The minimum Gasteiger partial charge on any atom is -0.440 e. The number of thiophene rings is 1. The van der Waals surface area contributed by atoms with Crippen molar-refractivity contribution in [3.05, 3.63) is 29.0 Å². The summed E-state index contributed by atoms with van der Waals surface area (Å²) in [5.41, 5.74) is 1.10. The van der Waals surface area contributed by atoms with Gasteiger partial charge in [0.25, 0.3) is 0 Å². The number of rotatable bonds is 4. The normalized spacial score (nSPS) is 23.6. The first-order valence-corrected chi connectivity index (χ1v) is 9.63. The molecule has 2 aliphatic heterocycles. The Hall–Kier alpha value is -1.17. The van der Waals surface area contributed by atoms with Gasteiger partial charge in [-0.15, -0.1) is 11.3 Å². The summed E-state index contributed by atoms with van der Waals surface area (Å²) < 4.78 is 5.87. The summed E-state index contributed by atoms with van der Waals surface area (Å²) in [6.45, 7) is 6.54. The Kier molecular flexibility index (Phi) is 4.51. The molecule has 2 aromatic rings. The molecular weight excluding hydrogens is 306 g/mol. The van der Waals surface area contributed by atoms with Gasteiger partial charge in [-0.2, -0.15) is 0 Å². The summed E-state index contributed by atoms with van der Waals surface area (Å²) >= 11 is 1.68. The molecule has 0 spiro atoms. The van der Waals surface area contributed by atoms with Gasteiger partial charge in [-0.1, -0.05) is 6.07 Å². The molecule has 1 N–H and O–H groups in total. The predicted molar refractivity (Wildman–Crippen MR) is 93.6 cm³/mol. The van der Waals surface area contributed by atoms with Gasteiger partial charge in [0.1, 0.15) is 5.76 Å². The SMILES string of the molecule is Cc1oc(-c2cccs2)nc1CN1CCC(C2CCCN2)CC1. The molecule has 4 nitrogen and oxygen atoms in total. The molecule has 0 amide bonds. The minimum atomic E-state index is 0.774. The summed E-state index contributed by atoms with van der Waals surface area (Å²) in [5, 5.41) is 5.74. The number of likely N-dealkylation sites (tertiary alicyclic amines) is 1. The lowest BCUT2D eigenvalue weighted by atomic mass is 9.88. The van der Waals surface area contributed by atoms with E-state index in [2.05, 4.69) is 21.7 Å². The van der Waals surface area contributed by atoms with Crippen LogP contribution in [0, 0.1) is 12.8 Å². The van der Waals surface area contributed by atoms with Crippen molar-refractivity contribution in [3.63, 3.8) is 0 Å². The number of oxazole rings is 1. The molecule has 124 valence electrons. The predicted octanol–water partition coefficient (Wildman–Crippen LogP) is 3.68. The molecule has 2 aromatic heterocycles. The molecule has 1 unspecified atom stereocenters. The van der Waals surface area contributed by atoms with Crippen LogP contribution < -0.4 is 5.32 Å². The average molecular weight is 331 g/mol. The van der Waals surface area contributed by atoms with Crippen molar-refractivity contribution in [1.82, 2.24) is 15.2 Å². The van der Waals surface area contributed by atoms with Gasteiger partial charge in [0.05, 0.1) is 10.6 Å². The van der Waals surface area contributed by atoms with Gasteiger partial charge in [-0.3, -0.25) is 4.90 Å². The molecule has 0 aliphatic carbocycles. The van der Waals surface area contributed by atoms with Crippen LogP contribution in [0.5, 0.6) is 0 Å². The third-order valence-electron chi connectivity index (χ3n) is 5.30. The first-order valence-electron chi connectivity index (χ1n) is 8.75. The molecule has 0 bridgehead atoms. The molecule has 2 fully saturated rings. The second kappa shape index (κ2) is 6.75. The quantitative estimate of drug-likeness (QED) is 0.928. The fourth-order valence-corrected chi connectivity index (χ4v) is 4.57. The van der Waals surface area contributed by atoms with Gasteiger partial charge in [0.2, 0.25) is 5.89 Å². The third kappa shape index (κ3) is 3.37. The first-order chi connectivity index (χ1) is 11.3. The lowest BCUT2D eigenvalue weighted by Gasteiger charge is -2.34. The molecule has 1 atom stereocenters. The van der Waals surface area contributed by atoms with Crippen LogP contribution in [0.25, 0.3) is 10.8 Å². The number of hydrogen-bond acceptors (Lipinski definition) is 5. The largest absolute Gasteiger partial charge is 0.440 e. The molecule has 2 aliphatic rings. The smallest absolute Gasteiger partial charge is 0.236 e. The van der Waals surface area contributed by atoms with E-state index >= 15 is 0 Å². The van der Waals surface area contributed by atoms with Gasteiger partial charge in [-0.05, 0) is 69.6 Å². The van der Waals surface area contributed by atoms with Gasteiger partial charge in [-0.25, -0.2) is 4.98 Å². The highest BCUT2D eigenvalue weighted by molar-refractivity contribution is 7.13. The van der Waals surface area contributed by atoms with E-state index < -0.39 is 0 Å². The van der Waals surface area contributed by atoms with Crippen molar-refractivity contribution in [2.75, 3.05) is 19.6 Å². The molecule has 2 saturated heterocycles. The zero-order valence-electron chi connectivity index (χ0n) is 13.8.